The van der Waals surface area contributed by atoms with Crippen molar-refractivity contribution in [3.63, 3.8) is 0 Å². The molecule has 7 heteroatoms. The maximum Gasteiger partial charge on any atom is 0.170 e. The van der Waals surface area contributed by atoms with Crippen molar-refractivity contribution in [3.05, 3.63) is 32.6 Å². The highest BCUT2D eigenvalue weighted by Gasteiger charge is 2.10. The van der Waals surface area contributed by atoms with E-state index < -0.39 is 0 Å². The molecule has 1 aromatic heterocycles. The molecular weight excluding hydrogens is 353 g/mol. The molecule has 0 aliphatic heterocycles. The summed E-state index contributed by atoms with van der Waals surface area (Å²) in [6, 6.07) is 5.77. The van der Waals surface area contributed by atoms with Crippen LogP contribution in [0, 0.1) is 3.57 Å². The fourth-order valence-electron chi connectivity index (χ4n) is 1.39. The van der Waals surface area contributed by atoms with Crippen molar-refractivity contribution >= 4 is 34.2 Å². The van der Waals surface area contributed by atoms with Crippen LogP contribution < -0.4 is 5.32 Å². The second-order valence-electron chi connectivity index (χ2n) is 3.38. The Morgan fingerprint density at radius 2 is 2.29 bits per heavy atom. The van der Waals surface area contributed by atoms with Gasteiger partial charge in [-0.1, -0.05) is 18.5 Å². The summed E-state index contributed by atoms with van der Waals surface area (Å²) in [7, 11) is 0. The molecule has 0 fully saturated rings. The van der Waals surface area contributed by atoms with Crippen LogP contribution in [-0.2, 0) is 6.54 Å². The highest BCUT2D eigenvalue weighted by molar-refractivity contribution is 14.1. The number of aromatic nitrogens is 4. The summed E-state index contributed by atoms with van der Waals surface area (Å²) in [5.41, 5.74) is 0.796. The lowest BCUT2D eigenvalue weighted by molar-refractivity contribution is 0.664. The molecule has 0 saturated carbocycles. The van der Waals surface area contributed by atoms with E-state index in [2.05, 4.69) is 43.4 Å². The van der Waals surface area contributed by atoms with Gasteiger partial charge in [0, 0.05) is 3.57 Å². The molecule has 0 aliphatic carbocycles. The average molecular weight is 364 g/mol. The predicted octanol–water partition coefficient (Wildman–Crippen LogP) is 2.03. The minimum Gasteiger partial charge on any atom is -0.310 e. The quantitative estimate of drug-likeness (QED) is 0.845. The first-order valence-corrected chi connectivity index (χ1v) is 6.61. The van der Waals surface area contributed by atoms with Crippen LogP contribution in [0.15, 0.2) is 18.2 Å². The third-order valence-corrected chi connectivity index (χ3v) is 3.18. The summed E-state index contributed by atoms with van der Waals surface area (Å²) < 4.78 is 2.74. The molecule has 0 unspecified atom stereocenters. The van der Waals surface area contributed by atoms with Crippen LogP contribution in [-0.4, -0.2) is 26.8 Å². The molecule has 1 heterocycles. The summed E-state index contributed by atoms with van der Waals surface area (Å²) in [5.74, 6) is 0.745. The second kappa shape index (κ2) is 5.74. The SMILES string of the molecule is CCNCc1nnnn1-c1ccc(I)cc1Cl. The van der Waals surface area contributed by atoms with E-state index in [4.69, 9.17) is 11.6 Å². The number of hydrogen-bond acceptors (Lipinski definition) is 4. The summed E-state index contributed by atoms with van der Waals surface area (Å²) in [4.78, 5) is 0. The van der Waals surface area contributed by atoms with Crippen LogP contribution in [0.2, 0.25) is 5.02 Å². The summed E-state index contributed by atoms with van der Waals surface area (Å²) in [6.45, 7) is 3.52. The van der Waals surface area contributed by atoms with Crippen LogP contribution in [0.25, 0.3) is 5.69 Å². The number of halogens is 2. The molecule has 0 spiro atoms. The second-order valence-corrected chi connectivity index (χ2v) is 5.04. The van der Waals surface area contributed by atoms with Gasteiger partial charge in [0.1, 0.15) is 0 Å². The monoisotopic (exact) mass is 363 g/mol. The van der Waals surface area contributed by atoms with E-state index in [1.807, 2.05) is 25.1 Å². The lowest BCUT2D eigenvalue weighted by Crippen LogP contribution is -2.16. The fraction of sp³-hybridized carbons (Fsp3) is 0.300. The third-order valence-electron chi connectivity index (χ3n) is 2.21. The van der Waals surface area contributed by atoms with Crippen molar-refractivity contribution < 1.29 is 0 Å². The van der Waals surface area contributed by atoms with Gasteiger partial charge in [-0.15, -0.1) is 5.10 Å². The molecule has 1 aromatic carbocycles. The standard InChI is InChI=1S/C10H11ClIN5/c1-2-13-6-10-14-15-16-17(10)9-4-3-7(12)5-8(9)11/h3-5,13H,2,6H2,1H3. The number of nitrogens with one attached hydrogen (secondary N) is 1. The van der Waals surface area contributed by atoms with Crippen molar-refractivity contribution in [3.8, 4) is 5.69 Å². The van der Waals surface area contributed by atoms with Gasteiger partial charge in [0.2, 0.25) is 0 Å². The Morgan fingerprint density at radius 1 is 1.47 bits per heavy atom. The maximum atomic E-state index is 6.19. The minimum atomic E-state index is 0.617. The Balaban J connectivity index is 2.35. The first kappa shape index (κ1) is 12.7. The van der Waals surface area contributed by atoms with Crippen molar-refractivity contribution in [1.29, 1.82) is 0 Å². The van der Waals surface area contributed by atoms with E-state index >= 15 is 0 Å². The predicted molar refractivity (Wildman–Crippen MR) is 74.3 cm³/mol. The van der Waals surface area contributed by atoms with E-state index in [-0.39, 0.29) is 0 Å². The molecule has 0 aliphatic rings. The van der Waals surface area contributed by atoms with Gasteiger partial charge in [0.05, 0.1) is 17.3 Å². The zero-order valence-corrected chi connectivity index (χ0v) is 12.1. The molecule has 0 bridgehead atoms. The maximum absolute atomic E-state index is 6.19. The van der Waals surface area contributed by atoms with Gasteiger partial charge in [0.15, 0.2) is 5.82 Å². The topological polar surface area (TPSA) is 55.6 Å². The number of benzene rings is 1. The van der Waals surface area contributed by atoms with Gasteiger partial charge in [-0.3, -0.25) is 0 Å². The molecule has 0 atom stereocenters. The van der Waals surface area contributed by atoms with Crippen LogP contribution in [0.5, 0.6) is 0 Å². The molecule has 0 saturated heterocycles. The van der Waals surface area contributed by atoms with Gasteiger partial charge >= 0.3 is 0 Å². The smallest absolute Gasteiger partial charge is 0.170 e. The number of rotatable bonds is 4. The molecule has 2 aromatic rings. The molecular formula is C10H11ClIN5. The van der Waals surface area contributed by atoms with Crippen LogP contribution in [0.3, 0.4) is 0 Å². The van der Waals surface area contributed by atoms with E-state index in [0.717, 1.165) is 21.6 Å². The van der Waals surface area contributed by atoms with Gasteiger partial charge in [-0.05, 0) is 57.8 Å². The van der Waals surface area contributed by atoms with Crippen molar-refractivity contribution in [2.75, 3.05) is 6.54 Å². The Kier molecular flexibility index (Phi) is 4.30. The number of hydrogen-bond donors (Lipinski definition) is 1. The summed E-state index contributed by atoms with van der Waals surface area (Å²) >= 11 is 8.40. The Morgan fingerprint density at radius 3 is 3.00 bits per heavy atom. The lowest BCUT2D eigenvalue weighted by Gasteiger charge is -2.07. The molecule has 90 valence electrons. The van der Waals surface area contributed by atoms with Crippen LogP contribution in [0.1, 0.15) is 12.7 Å². The Hall–Kier alpha value is -0.730. The zero-order chi connectivity index (χ0) is 12.3. The van der Waals surface area contributed by atoms with E-state index in [0.29, 0.717) is 11.6 Å². The van der Waals surface area contributed by atoms with E-state index in [1.54, 1.807) is 4.68 Å². The van der Waals surface area contributed by atoms with Gasteiger partial charge < -0.3 is 5.32 Å². The zero-order valence-electron chi connectivity index (χ0n) is 9.19. The fourth-order valence-corrected chi connectivity index (χ4v) is 2.33. The highest BCUT2D eigenvalue weighted by atomic mass is 127. The summed E-state index contributed by atoms with van der Waals surface area (Å²) in [5, 5.41) is 15.4. The molecule has 0 radical (unpaired) electrons. The average Bonchev–Trinajstić information content (AvgIpc) is 2.74. The van der Waals surface area contributed by atoms with E-state index in [1.165, 1.54) is 0 Å². The first-order chi connectivity index (χ1) is 8.22. The lowest BCUT2D eigenvalue weighted by atomic mass is 10.3. The number of tetrazole rings is 1. The van der Waals surface area contributed by atoms with Crippen molar-refractivity contribution in [2.45, 2.75) is 13.5 Å². The third kappa shape index (κ3) is 2.93. The molecule has 17 heavy (non-hydrogen) atoms. The van der Waals surface area contributed by atoms with Gasteiger partial charge in [-0.2, -0.15) is 4.68 Å². The van der Waals surface area contributed by atoms with Crippen LogP contribution >= 0.6 is 34.2 Å². The van der Waals surface area contributed by atoms with Gasteiger partial charge in [0.25, 0.3) is 0 Å². The normalized spacial score (nSPS) is 10.8. The molecule has 2 rings (SSSR count). The minimum absolute atomic E-state index is 0.617. The van der Waals surface area contributed by atoms with Crippen molar-refractivity contribution in [1.82, 2.24) is 25.5 Å². The van der Waals surface area contributed by atoms with Crippen molar-refractivity contribution in [2.24, 2.45) is 0 Å². The number of nitrogens with zero attached hydrogens (tertiary/aromatic N) is 4. The Bertz CT molecular complexity index is 513. The summed E-state index contributed by atoms with van der Waals surface area (Å²) in [6.07, 6.45) is 0. The first-order valence-electron chi connectivity index (χ1n) is 5.15. The largest absolute Gasteiger partial charge is 0.310 e. The van der Waals surface area contributed by atoms with Gasteiger partial charge in [-0.25, -0.2) is 0 Å². The molecule has 1 N–H and O–H groups in total. The highest BCUT2D eigenvalue weighted by Crippen LogP contribution is 2.22. The Labute approximate surface area is 118 Å². The van der Waals surface area contributed by atoms with Crippen LogP contribution in [0.4, 0.5) is 0 Å². The molecule has 0 amide bonds. The molecule has 5 nitrogen and oxygen atoms in total. The van der Waals surface area contributed by atoms with E-state index in [9.17, 15) is 0 Å².